The van der Waals surface area contributed by atoms with Gasteiger partial charge in [0.25, 0.3) is 5.91 Å². The van der Waals surface area contributed by atoms with Crippen LogP contribution < -0.4 is 10.2 Å². The van der Waals surface area contributed by atoms with E-state index in [1.54, 1.807) is 24.0 Å². The second-order valence-electron chi connectivity index (χ2n) is 8.72. The van der Waals surface area contributed by atoms with Gasteiger partial charge in [0, 0.05) is 49.2 Å². The number of rotatable bonds is 8. The molecule has 1 aromatic carbocycles. The average molecular weight is 513 g/mol. The monoisotopic (exact) mass is 512 g/mol. The largest absolute Gasteiger partial charge is 0.450 e. The number of hydrogen-bond acceptors (Lipinski definition) is 8. The summed E-state index contributed by atoms with van der Waals surface area (Å²) in [6, 6.07) is 8.30. The first-order valence-electron chi connectivity index (χ1n) is 12.0. The number of nitrogens with one attached hydrogen (secondary N) is 1. The van der Waals surface area contributed by atoms with Crippen LogP contribution in [0.1, 0.15) is 37.6 Å². The lowest BCUT2D eigenvalue weighted by atomic mass is 10.1. The van der Waals surface area contributed by atoms with Crippen molar-refractivity contribution in [1.29, 1.82) is 5.26 Å². The number of amides is 4. The van der Waals surface area contributed by atoms with E-state index in [4.69, 9.17) is 15.0 Å². The number of carbonyl (C=O) groups excluding carboxylic acids is 3. The summed E-state index contributed by atoms with van der Waals surface area (Å²) in [5, 5.41) is 14.1. The molecule has 36 heavy (non-hydrogen) atoms. The number of piperazine rings is 1. The normalized spacial score (nSPS) is 13.3. The summed E-state index contributed by atoms with van der Waals surface area (Å²) in [5.74, 6) is -0.0884. The highest BCUT2D eigenvalue weighted by atomic mass is 32.1. The van der Waals surface area contributed by atoms with Gasteiger partial charge in [0.1, 0.15) is 6.54 Å². The molecule has 3 rings (SSSR count). The van der Waals surface area contributed by atoms with Gasteiger partial charge in [-0.2, -0.15) is 5.26 Å². The smallest absolute Gasteiger partial charge is 0.409 e. The lowest BCUT2D eigenvalue weighted by Crippen LogP contribution is -2.48. The fraction of sp³-hybridized carbons (Fsp3) is 0.480. The van der Waals surface area contributed by atoms with Crippen molar-refractivity contribution in [3.8, 4) is 17.3 Å². The van der Waals surface area contributed by atoms with Crippen molar-refractivity contribution in [3.05, 3.63) is 35.2 Å². The number of benzene rings is 1. The second-order valence-corrected chi connectivity index (χ2v) is 9.56. The van der Waals surface area contributed by atoms with Crippen LogP contribution in [-0.2, 0) is 4.74 Å². The lowest BCUT2D eigenvalue weighted by Gasteiger charge is -2.33. The van der Waals surface area contributed by atoms with Crippen LogP contribution in [0.5, 0.6) is 0 Å². The fourth-order valence-corrected chi connectivity index (χ4v) is 4.56. The maximum atomic E-state index is 13.1. The van der Waals surface area contributed by atoms with Crippen molar-refractivity contribution in [2.24, 2.45) is 5.92 Å². The maximum Gasteiger partial charge on any atom is 0.409 e. The van der Waals surface area contributed by atoms with E-state index in [1.807, 2.05) is 37.4 Å². The Labute approximate surface area is 215 Å². The maximum absolute atomic E-state index is 13.1. The van der Waals surface area contributed by atoms with Crippen molar-refractivity contribution in [3.63, 3.8) is 0 Å². The number of nitriles is 1. The van der Waals surface area contributed by atoms with Gasteiger partial charge >= 0.3 is 12.1 Å². The van der Waals surface area contributed by atoms with Gasteiger partial charge in [0.05, 0.1) is 18.4 Å². The summed E-state index contributed by atoms with van der Waals surface area (Å²) in [4.78, 5) is 47.2. The van der Waals surface area contributed by atoms with Crippen molar-refractivity contribution in [2.75, 3.05) is 50.8 Å². The second kappa shape index (κ2) is 12.9. The van der Waals surface area contributed by atoms with Gasteiger partial charge in [0.15, 0.2) is 5.13 Å². The highest BCUT2D eigenvalue weighted by Crippen LogP contribution is 2.28. The predicted octanol–water partition coefficient (Wildman–Crippen LogP) is 3.81. The molecule has 0 saturated carbocycles. The molecular formula is C25H32N6O4S. The van der Waals surface area contributed by atoms with E-state index in [9.17, 15) is 14.4 Å². The molecule has 2 aromatic rings. The molecule has 0 bridgehead atoms. The number of urea groups is 1. The van der Waals surface area contributed by atoms with Gasteiger partial charge in [-0.1, -0.05) is 26.0 Å². The molecule has 1 aromatic heterocycles. The zero-order valence-electron chi connectivity index (χ0n) is 20.9. The first kappa shape index (κ1) is 26.9. The van der Waals surface area contributed by atoms with Crippen molar-refractivity contribution >= 4 is 34.5 Å². The molecular weight excluding hydrogens is 480 g/mol. The third-order valence-electron chi connectivity index (χ3n) is 5.73. The summed E-state index contributed by atoms with van der Waals surface area (Å²) in [6.45, 7) is 8.84. The minimum Gasteiger partial charge on any atom is -0.450 e. The van der Waals surface area contributed by atoms with Crippen LogP contribution in [0.3, 0.4) is 0 Å². The van der Waals surface area contributed by atoms with E-state index < -0.39 is 11.9 Å². The van der Waals surface area contributed by atoms with Crippen LogP contribution >= 0.6 is 11.3 Å². The Kier molecular flexibility index (Phi) is 9.64. The van der Waals surface area contributed by atoms with Gasteiger partial charge in [0.2, 0.25) is 0 Å². The summed E-state index contributed by atoms with van der Waals surface area (Å²) < 4.78 is 5.07. The topological polar surface area (TPSA) is 119 Å². The van der Waals surface area contributed by atoms with E-state index in [0.29, 0.717) is 50.7 Å². The zero-order chi connectivity index (χ0) is 26.1. The lowest BCUT2D eigenvalue weighted by molar-refractivity contribution is 0.0795. The molecule has 4 amide bonds. The molecule has 0 atom stereocenters. The Morgan fingerprint density at radius 1 is 1.19 bits per heavy atom. The summed E-state index contributed by atoms with van der Waals surface area (Å²) >= 11 is 1.53. The quantitative estimate of drug-likeness (QED) is 0.534. The number of nitrogens with zero attached hydrogens (tertiary/aromatic N) is 5. The van der Waals surface area contributed by atoms with Crippen molar-refractivity contribution in [2.45, 2.75) is 27.2 Å². The third kappa shape index (κ3) is 6.95. The molecule has 1 aliphatic heterocycles. The Morgan fingerprint density at radius 2 is 1.89 bits per heavy atom. The first-order chi connectivity index (χ1) is 17.3. The number of ether oxygens (including phenoxy) is 1. The van der Waals surface area contributed by atoms with Gasteiger partial charge < -0.3 is 19.9 Å². The number of hydrogen-bond donors (Lipinski definition) is 1. The third-order valence-corrected chi connectivity index (χ3v) is 6.64. The molecule has 1 aliphatic rings. The highest BCUT2D eigenvalue weighted by molar-refractivity contribution is 7.14. The molecule has 11 heteroatoms. The molecule has 0 aliphatic carbocycles. The molecule has 1 saturated heterocycles. The average Bonchev–Trinajstić information content (AvgIpc) is 3.38. The van der Waals surface area contributed by atoms with Crippen LogP contribution in [0.25, 0.3) is 11.3 Å². The van der Waals surface area contributed by atoms with Crippen molar-refractivity contribution < 1.29 is 19.1 Å². The molecule has 192 valence electrons. The molecule has 0 spiro atoms. The molecule has 2 heterocycles. The standard InChI is InChI=1S/C25H32N6O4S/c1-4-35-25(34)30-15-13-29(14-16-30)24-28-21(17-36-24)19-5-7-20(8-6-19)22(32)31(12-9-18(2)3)23(33)27-11-10-26/h5-8,17-18H,4,9,11-16H2,1-3H3,(H,27,33). The van der Waals surface area contributed by atoms with Crippen LogP contribution in [0, 0.1) is 17.2 Å². The number of carbonyl (C=O) groups is 3. The van der Waals surface area contributed by atoms with E-state index in [2.05, 4.69) is 10.2 Å². The van der Waals surface area contributed by atoms with Crippen LogP contribution in [0.4, 0.5) is 14.7 Å². The van der Waals surface area contributed by atoms with Crippen LogP contribution in [0.15, 0.2) is 29.6 Å². The molecule has 0 unspecified atom stereocenters. The van der Waals surface area contributed by atoms with E-state index in [-0.39, 0.29) is 19.2 Å². The van der Waals surface area contributed by atoms with E-state index in [0.717, 1.165) is 21.3 Å². The SMILES string of the molecule is CCOC(=O)N1CCN(c2nc(-c3ccc(C(=O)N(CCC(C)C)C(=O)NCC#N)cc3)cs2)CC1. The Morgan fingerprint density at radius 3 is 2.50 bits per heavy atom. The van der Waals surface area contributed by atoms with Crippen LogP contribution in [0.2, 0.25) is 0 Å². The molecule has 0 radical (unpaired) electrons. The van der Waals surface area contributed by atoms with Gasteiger partial charge in [-0.05, 0) is 31.4 Å². The Hall–Kier alpha value is -3.65. The number of anilines is 1. The van der Waals surface area contributed by atoms with Crippen LogP contribution in [-0.4, -0.2) is 78.7 Å². The zero-order valence-corrected chi connectivity index (χ0v) is 21.7. The summed E-state index contributed by atoms with van der Waals surface area (Å²) in [7, 11) is 0. The van der Waals surface area contributed by atoms with E-state index in [1.165, 1.54) is 11.3 Å². The van der Waals surface area contributed by atoms with Gasteiger partial charge in [-0.3, -0.25) is 9.69 Å². The summed E-state index contributed by atoms with van der Waals surface area (Å²) in [6.07, 6.45) is 0.385. The highest BCUT2D eigenvalue weighted by Gasteiger charge is 2.25. The number of thiazole rings is 1. The molecule has 1 fully saturated rings. The van der Waals surface area contributed by atoms with Crippen molar-refractivity contribution in [1.82, 2.24) is 20.1 Å². The minimum atomic E-state index is -0.571. The summed E-state index contributed by atoms with van der Waals surface area (Å²) in [5.41, 5.74) is 2.05. The Balaban J connectivity index is 1.65. The first-order valence-corrected chi connectivity index (χ1v) is 12.9. The predicted molar refractivity (Wildman–Crippen MR) is 138 cm³/mol. The fourth-order valence-electron chi connectivity index (χ4n) is 3.67. The van der Waals surface area contributed by atoms with Gasteiger partial charge in [-0.25, -0.2) is 14.6 Å². The molecule has 10 nitrogen and oxygen atoms in total. The number of imide groups is 1. The molecule has 1 N–H and O–H groups in total. The number of aromatic nitrogens is 1. The minimum absolute atomic E-state index is 0.159. The van der Waals surface area contributed by atoms with E-state index >= 15 is 0 Å². The Bertz CT molecular complexity index is 1090. The van der Waals surface area contributed by atoms with Gasteiger partial charge in [-0.15, -0.1) is 11.3 Å².